The van der Waals surface area contributed by atoms with Crippen LogP contribution in [0.1, 0.15) is 35.9 Å². The largest absolute Gasteiger partial charge is 0.459 e. The molecule has 0 aliphatic heterocycles. The number of hydrogen-bond acceptors (Lipinski definition) is 3. The van der Waals surface area contributed by atoms with E-state index in [-0.39, 0.29) is 35.6 Å². The van der Waals surface area contributed by atoms with Crippen LogP contribution in [-0.4, -0.2) is 24.5 Å². The molecule has 2 aromatic rings. The van der Waals surface area contributed by atoms with Gasteiger partial charge in [-0.05, 0) is 49.6 Å². The standard InChI is InChI=1S/C20H24N4O2.HI/c1-2-21-20(24-16-8-3-4-9-16)22-14-15-7-5-10-17(13-15)23-19(25)18-11-6-12-26-18;/h3-7,10-13,16H,2,8-9,14H2,1H3,(H,23,25)(H2,21,22,24);1H. The monoisotopic (exact) mass is 480 g/mol. The molecule has 0 unspecified atom stereocenters. The number of carbonyl (C=O) groups excluding carboxylic acids is 1. The Morgan fingerprint density at radius 1 is 1.22 bits per heavy atom. The van der Waals surface area contributed by atoms with Crippen molar-refractivity contribution >= 4 is 41.5 Å². The van der Waals surface area contributed by atoms with Crippen molar-refractivity contribution in [2.24, 2.45) is 4.99 Å². The Morgan fingerprint density at radius 3 is 2.74 bits per heavy atom. The highest BCUT2D eigenvalue weighted by atomic mass is 127. The number of anilines is 1. The van der Waals surface area contributed by atoms with Crippen LogP contribution in [-0.2, 0) is 6.54 Å². The Morgan fingerprint density at radius 2 is 2.04 bits per heavy atom. The lowest BCUT2D eigenvalue weighted by atomic mass is 10.2. The highest BCUT2D eigenvalue weighted by Crippen LogP contribution is 2.14. The summed E-state index contributed by atoms with van der Waals surface area (Å²) in [5, 5.41) is 9.56. The molecule has 0 radical (unpaired) electrons. The molecule has 1 aromatic heterocycles. The van der Waals surface area contributed by atoms with Gasteiger partial charge in [-0.15, -0.1) is 24.0 Å². The topological polar surface area (TPSA) is 78.7 Å². The molecule has 0 saturated carbocycles. The fourth-order valence-electron chi connectivity index (χ4n) is 2.77. The molecule has 1 heterocycles. The van der Waals surface area contributed by atoms with E-state index in [1.807, 2.05) is 24.3 Å². The normalized spacial score (nSPS) is 13.9. The predicted octanol–water partition coefficient (Wildman–Crippen LogP) is 3.92. The fourth-order valence-corrected chi connectivity index (χ4v) is 2.77. The molecule has 3 rings (SSSR count). The zero-order valence-corrected chi connectivity index (χ0v) is 17.6. The summed E-state index contributed by atoms with van der Waals surface area (Å²) in [6.45, 7) is 3.39. The second-order valence-electron chi connectivity index (χ2n) is 6.11. The molecule has 0 atom stereocenters. The first-order valence-electron chi connectivity index (χ1n) is 8.88. The molecule has 144 valence electrons. The lowest BCUT2D eigenvalue weighted by molar-refractivity contribution is 0.0996. The van der Waals surface area contributed by atoms with E-state index in [1.54, 1.807) is 12.1 Å². The van der Waals surface area contributed by atoms with Gasteiger partial charge in [0.05, 0.1) is 12.8 Å². The zero-order chi connectivity index (χ0) is 18.2. The quantitative estimate of drug-likeness (QED) is 0.254. The van der Waals surface area contributed by atoms with Crippen LogP contribution >= 0.6 is 24.0 Å². The number of amides is 1. The number of guanidine groups is 1. The van der Waals surface area contributed by atoms with Crippen LogP contribution in [0, 0.1) is 0 Å². The molecule has 1 aliphatic rings. The van der Waals surface area contributed by atoms with Crippen molar-refractivity contribution in [1.82, 2.24) is 10.6 Å². The van der Waals surface area contributed by atoms with E-state index in [0.717, 1.165) is 36.6 Å². The van der Waals surface area contributed by atoms with Gasteiger partial charge in [-0.1, -0.05) is 24.3 Å². The van der Waals surface area contributed by atoms with Crippen molar-refractivity contribution < 1.29 is 9.21 Å². The molecule has 0 fully saturated rings. The van der Waals surface area contributed by atoms with Crippen LogP contribution in [0.25, 0.3) is 0 Å². The van der Waals surface area contributed by atoms with Gasteiger partial charge in [0.2, 0.25) is 0 Å². The SMILES string of the molecule is CCNC(=NCc1cccc(NC(=O)c2ccco2)c1)NC1CC=CC1.I. The second-order valence-corrected chi connectivity index (χ2v) is 6.11. The molecule has 7 heteroatoms. The van der Waals surface area contributed by atoms with E-state index in [2.05, 4.69) is 40.0 Å². The molecule has 1 amide bonds. The molecule has 1 aromatic carbocycles. The average Bonchev–Trinajstić information content (AvgIpc) is 3.34. The Balaban J connectivity index is 0.00000261. The maximum atomic E-state index is 12.1. The number of rotatable bonds is 6. The van der Waals surface area contributed by atoms with E-state index in [4.69, 9.17) is 4.42 Å². The third kappa shape index (κ3) is 6.42. The van der Waals surface area contributed by atoms with Gasteiger partial charge in [0.25, 0.3) is 5.91 Å². The molecule has 1 aliphatic carbocycles. The summed E-state index contributed by atoms with van der Waals surface area (Å²) in [5.74, 6) is 0.836. The highest BCUT2D eigenvalue weighted by molar-refractivity contribution is 14.0. The first-order chi connectivity index (χ1) is 12.7. The maximum Gasteiger partial charge on any atom is 0.291 e. The number of nitrogens with one attached hydrogen (secondary N) is 3. The minimum atomic E-state index is -0.264. The summed E-state index contributed by atoms with van der Waals surface area (Å²) in [4.78, 5) is 16.7. The van der Waals surface area contributed by atoms with Crippen LogP contribution < -0.4 is 16.0 Å². The molecule has 6 nitrogen and oxygen atoms in total. The summed E-state index contributed by atoms with van der Waals surface area (Å²) in [6, 6.07) is 11.4. The van der Waals surface area contributed by atoms with Gasteiger partial charge in [-0.25, -0.2) is 4.99 Å². The summed E-state index contributed by atoms with van der Waals surface area (Å²) < 4.78 is 5.11. The highest BCUT2D eigenvalue weighted by Gasteiger charge is 2.12. The smallest absolute Gasteiger partial charge is 0.291 e. The summed E-state index contributed by atoms with van der Waals surface area (Å²) in [5.41, 5.74) is 1.74. The third-order valence-corrected chi connectivity index (χ3v) is 4.04. The molecule has 0 spiro atoms. The number of furan rings is 1. The number of benzene rings is 1. The summed E-state index contributed by atoms with van der Waals surface area (Å²) in [7, 11) is 0. The average molecular weight is 480 g/mol. The number of carbonyl (C=O) groups is 1. The Hall–Kier alpha value is -2.29. The van der Waals surface area contributed by atoms with Gasteiger partial charge < -0.3 is 20.4 Å². The van der Waals surface area contributed by atoms with Crippen molar-refractivity contribution in [3.63, 3.8) is 0 Å². The van der Waals surface area contributed by atoms with Crippen LogP contribution in [0.4, 0.5) is 5.69 Å². The van der Waals surface area contributed by atoms with Crippen molar-refractivity contribution in [2.45, 2.75) is 32.4 Å². The zero-order valence-electron chi connectivity index (χ0n) is 15.3. The van der Waals surface area contributed by atoms with E-state index in [1.165, 1.54) is 6.26 Å². The van der Waals surface area contributed by atoms with E-state index < -0.39 is 0 Å². The van der Waals surface area contributed by atoms with Gasteiger partial charge in [0, 0.05) is 18.3 Å². The van der Waals surface area contributed by atoms with Gasteiger partial charge >= 0.3 is 0 Å². The molecule has 27 heavy (non-hydrogen) atoms. The molecular formula is C20H25IN4O2. The molecule has 0 bridgehead atoms. The van der Waals surface area contributed by atoms with Crippen molar-refractivity contribution in [3.8, 4) is 0 Å². The molecular weight excluding hydrogens is 455 g/mol. The van der Waals surface area contributed by atoms with Crippen LogP contribution in [0.3, 0.4) is 0 Å². The van der Waals surface area contributed by atoms with Crippen molar-refractivity contribution in [3.05, 3.63) is 66.1 Å². The first kappa shape index (κ1) is 21.0. The number of aliphatic imine (C=N–C) groups is 1. The summed E-state index contributed by atoms with van der Waals surface area (Å²) >= 11 is 0. The maximum absolute atomic E-state index is 12.1. The molecule has 0 saturated heterocycles. The van der Waals surface area contributed by atoms with Crippen LogP contribution in [0.2, 0.25) is 0 Å². The lowest BCUT2D eigenvalue weighted by Crippen LogP contribution is -2.42. The fraction of sp³-hybridized carbons (Fsp3) is 0.300. The van der Waals surface area contributed by atoms with Crippen LogP contribution in [0.5, 0.6) is 0 Å². The Labute approximate surface area is 176 Å². The van der Waals surface area contributed by atoms with E-state index in [9.17, 15) is 4.79 Å². The van der Waals surface area contributed by atoms with Crippen molar-refractivity contribution in [2.75, 3.05) is 11.9 Å². The number of halogens is 1. The molecule has 3 N–H and O–H groups in total. The predicted molar refractivity (Wildman–Crippen MR) is 119 cm³/mol. The summed E-state index contributed by atoms with van der Waals surface area (Å²) in [6.07, 6.45) is 7.91. The first-order valence-corrected chi connectivity index (χ1v) is 8.88. The number of hydrogen-bond donors (Lipinski definition) is 3. The van der Waals surface area contributed by atoms with Gasteiger partial charge in [-0.3, -0.25) is 4.79 Å². The van der Waals surface area contributed by atoms with Gasteiger partial charge in [0.15, 0.2) is 11.7 Å². The number of nitrogens with zero attached hydrogens (tertiary/aromatic N) is 1. The second kappa shape index (κ2) is 10.8. The van der Waals surface area contributed by atoms with Gasteiger partial charge in [0.1, 0.15) is 0 Å². The lowest BCUT2D eigenvalue weighted by Gasteiger charge is -2.16. The minimum Gasteiger partial charge on any atom is -0.459 e. The van der Waals surface area contributed by atoms with Gasteiger partial charge in [-0.2, -0.15) is 0 Å². The van der Waals surface area contributed by atoms with E-state index >= 15 is 0 Å². The van der Waals surface area contributed by atoms with Crippen LogP contribution in [0.15, 0.2) is 64.2 Å². The minimum absolute atomic E-state index is 0. The third-order valence-electron chi connectivity index (χ3n) is 4.04. The van der Waals surface area contributed by atoms with Crippen molar-refractivity contribution in [1.29, 1.82) is 0 Å². The Bertz CT molecular complexity index is 779. The Kier molecular flexibility index (Phi) is 8.38. The van der Waals surface area contributed by atoms with E-state index in [0.29, 0.717) is 12.6 Å².